The Balaban J connectivity index is 1.26. The van der Waals surface area contributed by atoms with Crippen molar-refractivity contribution >= 4 is 28.5 Å². The Morgan fingerprint density at radius 1 is 0.909 bits per heavy atom. The van der Waals surface area contributed by atoms with E-state index in [0.717, 1.165) is 79.9 Å². The van der Waals surface area contributed by atoms with Gasteiger partial charge in [-0.25, -0.2) is 0 Å². The molecule has 4 aromatic rings. The van der Waals surface area contributed by atoms with Gasteiger partial charge in [-0.05, 0) is 17.7 Å². The molecule has 4 heterocycles. The first-order valence-corrected chi connectivity index (χ1v) is 11.5. The molecular weight excluding hydrogens is 414 g/mol. The zero-order chi connectivity index (χ0) is 22.2. The summed E-state index contributed by atoms with van der Waals surface area (Å²) in [6, 6.07) is 18.8. The van der Waals surface area contributed by atoms with Crippen molar-refractivity contribution in [1.29, 1.82) is 0 Å². The zero-order valence-corrected chi connectivity index (χ0v) is 18.7. The summed E-state index contributed by atoms with van der Waals surface area (Å²) in [5, 5.41) is 8.77. The fourth-order valence-corrected chi connectivity index (χ4v) is 4.79. The molecule has 168 valence electrons. The van der Waals surface area contributed by atoms with Gasteiger partial charge in [0.1, 0.15) is 11.6 Å². The van der Waals surface area contributed by atoms with Crippen LogP contribution < -0.4 is 19.4 Å². The number of hydrogen-bond donors (Lipinski definition) is 1. The van der Waals surface area contributed by atoms with Gasteiger partial charge in [0.25, 0.3) is 0 Å². The number of nitrogens with zero attached hydrogens (tertiary/aromatic N) is 6. The van der Waals surface area contributed by atoms with Crippen LogP contribution in [-0.2, 0) is 13.0 Å². The Bertz CT molecular complexity index is 1260. The molecule has 8 heteroatoms. The van der Waals surface area contributed by atoms with Crippen LogP contribution in [0, 0.1) is 0 Å². The van der Waals surface area contributed by atoms with Crippen molar-refractivity contribution in [2.75, 3.05) is 54.5 Å². The zero-order valence-electron chi connectivity index (χ0n) is 18.7. The van der Waals surface area contributed by atoms with Crippen molar-refractivity contribution < 1.29 is 4.74 Å². The van der Waals surface area contributed by atoms with Crippen LogP contribution in [0.1, 0.15) is 11.3 Å². The summed E-state index contributed by atoms with van der Waals surface area (Å²) >= 11 is 0. The standard InChI is InChI=1S/C25H27N7O/c1-33-20-9-5-8-19(16-20)30-12-14-31(15-13-30)25-26-23-22-21(28-29-23)10-11-32(24(22)27-25)17-18-6-3-2-4-7-18/h2-9,16H,10-15,17H2,1H3,(H,26,27,28,29). The van der Waals surface area contributed by atoms with E-state index in [1.165, 1.54) is 11.3 Å². The molecule has 0 bridgehead atoms. The minimum absolute atomic E-state index is 0.762. The summed E-state index contributed by atoms with van der Waals surface area (Å²) in [6.45, 7) is 5.28. The highest BCUT2D eigenvalue weighted by Gasteiger charge is 2.27. The lowest BCUT2D eigenvalue weighted by Gasteiger charge is -2.36. The van der Waals surface area contributed by atoms with Crippen molar-refractivity contribution in [3.05, 3.63) is 65.9 Å². The predicted octanol–water partition coefficient (Wildman–Crippen LogP) is 3.25. The second kappa shape index (κ2) is 8.27. The van der Waals surface area contributed by atoms with Crippen LogP contribution in [-0.4, -0.2) is 60.0 Å². The fourth-order valence-electron chi connectivity index (χ4n) is 4.79. The van der Waals surface area contributed by atoms with Crippen LogP contribution in [0.4, 0.5) is 17.5 Å². The second-order valence-corrected chi connectivity index (χ2v) is 8.58. The maximum Gasteiger partial charge on any atom is 0.229 e. The largest absolute Gasteiger partial charge is 0.497 e. The number of rotatable bonds is 5. The van der Waals surface area contributed by atoms with Gasteiger partial charge < -0.3 is 19.4 Å². The number of piperazine rings is 1. The molecule has 0 saturated carbocycles. The third-order valence-corrected chi connectivity index (χ3v) is 6.59. The number of benzene rings is 2. The lowest BCUT2D eigenvalue weighted by Crippen LogP contribution is -2.47. The van der Waals surface area contributed by atoms with Gasteiger partial charge in [0.15, 0.2) is 5.65 Å². The SMILES string of the molecule is COc1cccc(N2CCN(c3nc4c5c([nH]nc5n3)CCN4Cc3ccccc3)CC2)c1. The van der Waals surface area contributed by atoms with E-state index in [2.05, 4.69) is 67.4 Å². The molecule has 0 spiro atoms. The summed E-state index contributed by atoms with van der Waals surface area (Å²) in [7, 11) is 1.71. The van der Waals surface area contributed by atoms with Crippen molar-refractivity contribution in [3.63, 3.8) is 0 Å². The van der Waals surface area contributed by atoms with Crippen LogP contribution in [0.5, 0.6) is 5.75 Å². The molecule has 2 aromatic carbocycles. The number of H-pyrrole nitrogens is 1. The molecule has 0 atom stereocenters. The number of aromatic amines is 1. The second-order valence-electron chi connectivity index (χ2n) is 8.58. The third-order valence-electron chi connectivity index (χ3n) is 6.59. The van der Waals surface area contributed by atoms with Gasteiger partial charge in [0, 0.05) is 57.4 Å². The summed E-state index contributed by atoms with van der Waals surface area (Å²) in [5.74, 6) is 2.64. The molecule has 1 N–H and O–H groups in total. The van der Waals surface area contributed by atoms with Crippen LogP contribution in [0.15, 0.2) is 54.6 Å². The van der Waals surface area contributed by atoms with Gasteiger partial charge in [0.05, 0.1) is 18.2 Å². The molecule has 2 aliphatic rings. The van der Waals surface area contributed by atoms with Gasteiger partial charge in [-0.3, -0.25) is 5.10 Å². The van der Waals surface area contributed by atoms with E-state index < -0.39 is 0 Å². The topological polar surface area (TPSA) is 73.4 Å². The fraction of sp³-hybridized carbons (Fsp3) is 0.320. The molecule has 8 nitrogen and oxygen atoms in total. The van der Waals surface area contributed by atoms with E-state index >= 15 is 0 Å². The molecule has 0 aliphatic carbocycles. The van der Waals surface area contributed by atoms with Gasteiger partial charge in [0.2, 0.25) is 5.95 Å². The summed E-state index contributed by atoms with van der Waals surface area (Å²) < 4.78 is 5.39. The molecule has 33 heavy (non-hydrogen) atoms. The Labute approximate surface area is 192 Å². The Hall–Kier alpha value is -3.81. The van der Waals surface area contributed by atoms with Crippen LogP contribution in [0.3, 0.4) is 0 Å². The minimum atomic E-state index is 0.762. The monoisotopic (exact) mass is 441 g/mol. The van der Waals surface area contributed by atoms with E-state index in [1.807, 2.05) is 12.1 Å². The number of hydrogen-bond acceptors (Lipinski definition) is 7. The van der Waals surface area contributed by atoms with Gasteiger partial charge in [-0.2, -0.15) is 15.1 Å². The van der Waals surface area contributed by atoms with E-state index in [-0.39, 0.29) is 0 Å². The van der Waals surface area contributed by atoms with Crippen LogP contribution in [0.2, 0.25) is 0 Å². The average Bonchev–Trinajstić information content (AvgIpc) is 3.30. The molecule has 2 aromatic heterocycles. The number of methoxy groups -OCH3 is 1. The maximum absolute atomic E-state index is 5.39. The highest BCUT2D eigenvalue weighted by molar-refractivity contribution is 5.91. The Kier molecular flexibility index (Phi) is 4.97. The number of anilines is 3. The van der Waals surface area contributed by atoms with Crippen molar-refractivity contribution in [2.45, 2.75) is 13.0 Å². The molecule has 2 aliphatic heterocycles. The molecule has 0 radical (unpaired) electrons. The number of nitrogens with one attached hydrogen (secondary N) is 1. The average molecular weight is 442 g/mol. The van der Waals surface area contributed by atoms with E-state index in [0.29, 0.717) is 0 Å². The summed E-state index contributed by atoms with van der Waals surface area (Å²) in [5.41, 5.74) is 4.37. The summed E-state index contributed by atoms with van der Waals surface area (Å²) in [4.78, 5) is 16.9. The molecule has 0 amide bonds. The van der Waals surface area contributed by atoms with E-state index in [4.69, 9.17) is 14.7 Å². The van der Waals surface area contributed by atoms with Gasteiger partial charge >= 0.3 is 0 Å². The third kappa shape index (κ3) is 3.71. The highest BCUT2D eigenvalue weighted by Crippen LogP contribution is 2.33. The van der Waals surface area contributed by atoms with Gasteiger partial charge in [-0.15, -0.1) is 0 Å². The molecule has 0 unspecified atom stereocenters. The first-order chi connectivity index (χ1) is 16.3. The maximum atomic E-state index is 5.39. The van der Waals surface area contributed by atoms with E-state index in [1.54, 1.807) is 7.11 Å². The molecular formula is C25H27N7O. The van der Waals surface area contributed by atoms with Crippen molar-refractivity contribution in [1.82, 2.24) is 20.2 Å². The normalized spacial score (nSPS) is 15.8. The Morgan fingerprint density at radius 3 is 2.55 bits per heavy atom. The van der Waals surface area contributed by atoms with E-state index in [9.17, 15) is 0 Å². The predicted molar refractivity (Wildman–Crippen MR) is 130 cm³/mol. The first-order valence-electron chi connectivity index (χ1n) is 11.5. The lowest BCUT2D eigenvalue weighted by molar-refractivity contribution is 0.414. The van der Waals surface area contributed by atoms with Gasteiger partial charge in [-0.1, -0.05) is 36.4 Å². The quantitative estimate of drug-likeness (QED) is 0.510. The Morgan fingerprint density at radius 2 is 1.73 bits per heavy atom. The minimum Gasteiger partial charge on any atom is -0.497 e. The van der Waals surface area contributed by atoms with Crippen molar-refractivity contribution in [3.8, 4) is 5.75 Å². The first kappa shape index (κ1) is 19.8. The molecule has 6 rings (SSSR count). The molecule has 1 fully saturated rings. The smallest absolute Gasteiger partial charge is 0.229 e. The van der Waals surface area contributed by atoms with Crippen LogP contribution >= 0.6 is 0 Å². The number of aromatic nitrogens is 4. The summed E-state index contributed by atoms with van der Waals surface area (Å²) in [6.07, 6.45) is 0.929. The van der Waals surface area contributed by atoms with Crippen molar-refractivity contribution in [2.24, 2.45) is 0 Å². The number of ether oxygens (including phenoxy) is 1. The highest BCUT2D eigenvalue weighted by atomic mass is 16.5. The molecule has 1 saturated heterocycles. The van der Waals surface area contributed by atoms with Crippen LogP contribution in [0.25, 0.3) is 11.0 Å². The lowest BCUT2D eigenvalue weighted by atomic mass is 10.1.